The number of rotatable bonds is 8. The topological polar surface area (TPSA) is 64.0 Å². The summed E-state index contributed by atoms with van der Waals surface area (Å²) in [4.78, 5) is 28.8. The third-order valence-corrected chi connectivity index (χ3v) is 4.47. The highest BCUT2D eigenvalue weighted by molar-refractivity contribution is 6.31. The molecule has 5 nitrogen and oxygen atoms in total. The zero-order valence-corrected chi connectivity index (χ0v) is 15.0. The van der Waals surface area contributed by atoms with Gasteiger partial charge in [-0.1, -0.05) is 44.7 Å². The summed E-state index contributed by atoms with van der Waals surface area (Å²) in [6.45, 7) is 4.92. The average molecular weight is 350 g/mol. The Hall–Kier alpha value is -1.88. The predicted molar refractivity (Wildman–Crippen MR) is 97.3 cm³/mol. The number of nitrogens with one attached hydrogen (secondary N) is 1. The highest BCUT2D eigenvalue weighted by Gasteiger charge is 2.11. The molecule has 2 rings (SSSR count). The molecule has 0 aliphatic rings. The van der Waals surface area contributed by atoms with E-state index in [1.165, 1.54) is 17.3 Å². The van der Waals surface area contributed by atoms with Crippen LogP contribution < -0.4 is 10.9 Å². The molecule has 0 radical (unpaired) electrons. The van der Waals surface area contributed by atoms with Crippen LogP contribution in [0.3, 0.4) is 0 Å². The molecule has 1 amide bonds. The Labute approximate surface area is 147 Å². The Kier molecular flexibility index (Phi) is 6.79. The van der Waals surface area contributed by atoms with E-state index in [9.17, 15) is 9.59 Å². The lowest BCUT2D eigenvalue weighted by Crippen LogP contribution is -2.35. The minimum atomic E-state index is -0.254. The smallest absolute Gasteiger partial charge is 0.261 e. The summed E-state index contributed by atoms with van der Waals surface area (Å²) in [6, 6.07) is 4.97. The molecule has 0 saturated carbocycles. The van der Waals surface area contributed by atoms with E-state index < -0.39 is 0 Å². The quantitative estimate of drug-likeness (QED) is 0.794. The Morgan fingerprint density at radius 3 is 2.88 bits per heavy atom. The Morgan fingerprint density at radius 1 is 1.38 bits per heavy atom. The number of amides is 1. The van der Waals surface area contributed by atoms with Crippen molar-refractivity contribution in [2.24, 2.45) is 5.92 Å². The number of hydrogen-bond acceptors (Lipinski definition) is 3. The molecule has 1 aromatic carbocycles. The van der Waals surface area contributed by atoms with Crippen molar-refractivity contribution in [2.75, 3.05) is 6.54 Å². The van der Waals surface area contributed by atoms with Gasteiger partial charge in [0.25, 0.3) is 5.56 Å². The summed E-state index contributed by atoms with van der Waals surface area (Å²) in [5.74, 6) is 0.314. The third kappa shape index (κ3) is 4.81. The SMILES string of the molecule is CCCC[C@@H](CC)CNC(=O)Cn1cnc2ccc(Cl)cc2c1=O. The fourth-order valence-corrected chi connectivity index (χ4v) is 2.83. The minimum Gasteiger partial charge on any atom is -0.354 e. The molecule has 0 spiro atoms. The number of fused-ring (bicyclic) bond motifs is 1. The largest absolute Gasteiger partial charge is 0.354 e. The summed E-state index contributed by atoms with van der Waals surface area (Å²) in [6.07, 6.45) is 5.89. The Bertz CT molecular complexity index is 758. The first-order valence-corrected chi connectivity index (χ1v) is 8.84. The normalized spacial score (nSPS) is 12.3. The van der Waals surface area contributed by atoms with Crippen LogP contribution in [0.15, 0.2) is 29.3 Å². The fourth-order valence-electron chi connectivity index (χ4n) is 2.66. The first-order valence-electron chi connectivity index (χ1n) is 8.46. The lowest BCUT2D eigenvalue weighted by molar-refractivity contribution is -0.121. The number of benzene rings is 1. The Balaban J connectivity index is 2.02. The second-order valence-electron chi connectivity index (χ2n) is 6.06. The number of nitrogens with zero attached hydrogens (tertiary/aromatic N) is 2. The number of carbonyl (C=O) groups excluding carboxylic acids is 1. The molecule has 2 aromatic rings. The van der Waals surface area contributed by atoms with E-state index in [1.54, 1.807) is 18.2 Å². The van der Waals surface area contributed by atoms with Crippen LogP contribution >= 0.6 is 11.6 Å². The van der Waals surface area contributed by atoms with E-state index >= 15 is 0 Å². The minimum absolute atomic E-state index is 0.0293. The lowest BCUT2D eigenvalue weighted by atomic mass is 9.99. The first kappa shape index (κ1) is 18.5. The zero-order chi connectivity index (χ0) is 17.5. The van der Waals surface area contributed by atoms with Gasteiger partial charge in [-0.3, -0.25) is 14.2 Å². The van der Waals surface area contributed by atoms with Gasteiger partial charge in [0, 0.05) is 11.6 Å². The third-order valence-electron chi connectivity index (χ3n) is 4.23. The van der Waals surface area contributed by atoms with Gasteiger partial charge in [0.15, 0.2) is 0 Å². The zero-order valence-electron chi connectivity index (χ0n) is 14.2. The molecule has 1 N–H and O–H groups in total. The maximum Gasteiger partial charge on any atom is 0.261 e. The van der Waals surface area contributed by atoms with Crippen molar-refractivity contribution in [3.8, 4) is 0 Å². The van der Waals surface area contributed by atoms with Gasteiger partial charge < -0.3 is 5.32 Å². The van der Waals surface area contributed by atoms with E-state index in [0.717, 1.165) is 19.3 Å². The number of carbonyl (C=O) groups is 1. The maximum absolute atomic E-state index is 12.4. The van der Waals surface area contributed by atoms with E-state index in [-0.39, 0.29) is 18.0 Å². The van der Waals surface area contributed by atoms with Gasteiger partial charge in [-0.15, -0.1) is 0 Å². The molecular formula is C18H24ClN3O2. The van der Waals surface area contributed by atoms with Gasteiger partial charge >= 0.3 is 0 Å². The van der Waals surface area contributed by atoms with Crippen LogP contribution in [-0.2, 0) is 11.3 Å². The number of hydrogen-bond donors (Lipinski definition) is 1. The summed E-state index contributed by atoms with van der Waals surface area (Å²) < 4.78 is 1.32. The highest BCUT2D eigenvalue weighted by Crippen LogP contribution is 2.14. The average Bonchev–Trinajstić information content (AvgIpc) is 2.58. The van der Waals surface area contributed by atoms with Crippen LogP contribution in [0.25, 0.3) is 10.9 Å². The standard InChI is InChI=1S/C18H24ClN3O2/c1-3-5-6-13(4-2)10-20-17(23)11-22-12-21-16-8-7-14(19)9-15(16)18(22)24/h7-9,12-13H,3-6,10-11H2,1-2H3,(H,20,23)/t13-/m1/s1. The maximum atomic E-state index is 12.4. The molecular weight excluding hydrogens is 326 g/mol. The van der Waals surface area contributed by atoms with Gasteiger partial charge in [0.05, 0.1) is 17.2 Å². The lowest BCUT2D eigenvalue weighted by Gasteiger charge is -2.15. The highest BCUT2D eigenvalue weighted by atomic mass is 35.5. The van der Waals surface area contributed by atoms with Gasteiger partial charge in [0.2, 0.25) is 5.91 Å². The molecule has 6 heteroatoms. The van der Waals surface area contributed by atoms with Crippen LogP contribution in [0, 0.1) is 5.92 Å². The molecule has 1 aromatic heterocycles. The summed E-state index contributed by atoms with van der Waals surface area (Å²) in [5, 5.41) is 3.83. The van der Waals surface area contributed by atoms with Crippen molar-refractivity contribution in [1.82, 2.24) is 14.9 Å². The van der Waals surface area contributed by atoms with Crippen LogP contribution in [0.2, 0.25) is 5.02 Å². The van der Waals surface area contributed by atoms with Crippen molar-refractivity contribution >= 4 is 28.4 Å². The van der Waals surface area contributed by atoms with Gasteiger partial charge in [0.1, 0.15) is 6.54 Å². The van der Waals surface area contributed by atoms with Crippen LogP contribution in [0.4, 0.5) is 0 Å². The molecule has 0 bridgehead atoms. The van der Waals surface area contributed by atoms with E-state index in [2.05, 4.69) is 24.1 Å². The Morgan fingerprint density at radius 2 is 2.17 bits per heavy atom. The van der Waals surface area contributed by atoms with E-state index in [0.29, 0.717) is 28.4 Å². The van der Waals surface area contributed by atoms with Crippen LogP contribution in [-0.4, -0.2) is 22.0 Å². The second kappa shape index (κ2) is 8.83. The molecule has 0 saturated heterocycles. The number of aromatic nitrogens is 2. The van der Waals surface area contributed by atoms with E-state index in [1.807, 2.05) is 0 Å². The number of halogens is 1. The second-order valence-corrected chi connectivity index (χ2v) is 6.50. The molecule has 0 fully saturated rings. The van der Waals surface area contributed by atoms with Crippen LogP contribution in [0.1, 0.15) is 39.5 Å². The van der Waals surface area contributed by atoms with E-state index in [4.69, 9.17) is 11.6 Å². The molecule has 0 aliphatic carbocycles. The van der Waals surface area contributed by atoms with Crippen molar-refractivity contribution in [2.45, 2.75) is 46.1 Å². The molecule has 1 atom stereocenters. The van der Waals surface area contributed by atoms with Crippen molar-refractivity contribution in [1.29, 1.82) is 0 Å². The first-order chi connectivity index (χ1) is 11.5. The van der Waals surface area contributed by atoms with Crippen molar-refractivity contribution in [3.63, 3.8) is 0 Å². The summed E-state index contributed by atoms with van der Waals surface area (Å²) in [7, 11) is 0. The van der Waals surface area contributed by atoms with Gasteiger partial charge in [-0.05, 0) is 30.5 Å². The fraction of sp³-hybridized carbons (Fsp3) is 0.500. The molecule has 0 aliphatic heterocycles. The molecule has 130 valence electrons. The molecule has 24 heavy (non-hydrogen) atoms. The van der Waals surface area contributed by atoms with Gasteiger partial charge in [-0.25, -0.2) is 4.98 Å². The molecule has 0 unspecified atom stereocenters. The summed E-state index contributed by atoms with van der Waals surface area (Å²) >= 11 is 5.94. The van der Waals surface area contributed by atoms with Crippen molar-refractivity contribution in [3.05, 3.63) is 39.9 Å². The predicted octanol–water partition coefficient (Wildman–Crippen LogP) is 3.38. The van der Waals surface area contributed by atoms with Gasteiger partial charge in [-0.2, -0.15) is 0 Å². The van der Waals surface area contributed by atoms with Crippen molar-refractivity contribution < 1.29 is 4.79 Å². The summed E-state index contributed by atoms with van der Waals surface area (Å²) in [5.41, 5.74) is 0.322. The monoisotopic (exact) mass is 349 g/mol. The molecule has 1 heterocycles. The number of unbranched alkanes of at least 4 members (excludes halogenated alkanes) is 1. The van der Waals surface area contributed by atoms with Crippen LogP contribution in [0.5, 0.6) is 0 Å².